The predicted molar refractivity (Wildman–Crippen MR) is 95.1 cm³/mol. The average Bonchev–Trinajstić information content (AvgIpc) is 3.05. The molecule has 1 aliphatic rings. The van der Waals surface area contributed by atoms with Crippen molar-refractivity contribution in [3.63, 3.8) is 0 Å². The highest BCUT2D eigenvalue weighted by Crippen LogP contribution is 2.32. The van der Waals surface area contributed by atoms with Gasteiger partial charge >= 0.3 is 6.03 Å². The minimum Gasteiger partial charge on any atom is -0.388 e. The molecule has 7 heteroatoms. The third-order valence-corrected chi connectivity index (χ3v) is 5.17. The van der Waals surface area contributed by atoms with Crippen molar-refractivity contribution in [2.24, 2.45) is 5.92 Å². The maximum absolute atomic E-state index is 12.2. The third-order valence-electron chi connectivity index (χ3n) is 5.17. The summed E-state index contributed by atoms with van der Waals surface area (Å²) in [6, 6.07) is 5.05. The molecule has 0 aliphatic heterocycles. The van der Waals surface area contributed by atoms with Crippen molar-refractivity contribution in [1.29, 1.82) is 0 Å². The molecule has 2 aromatic heterocycles. The zero-order chi connectivity index (χ0) is 17.9. The lowest BCUT2D eigenvalue weighted by atomic mass is 9.78. The van der Waals surface area contributed by atoms with Crippen LogP contribution in [0.15, 0.2) is 24.4 Å². The van der Waals surface area contributed by atoms with E-state index >= 15 is 0 Å². The second-order valence-electron chi connectivity index (χ2n) is 7.23. The fraction of sp³-hybridized carbons (Fsp3) is 0.611. The molecular formula is C18H27N5O2. The second-order valence-corrected chi connectivity index (χ2v) is 7.23. The maximum Gasteiger partial charge on any atom is 0.315 e. The van der Waals surface area contributed by atoms with Gasteiger partial charge in [-0.05, 0) is 44.7 Å². The lowest BCUT2D eigenvalue weighted by Crippen LogP contribution is -2.49. The molecule has 25 heavy (non-hydrogen) atoms. The summed E-state index contributed by atoms with van der Waals surface area (Å²) in [5, 5.41) is 24.6. The summed E-state index contributed by atoms with van der Waals surface area (Å²) in [6.07, 6.45) is 7.48. The zero-order valence-electron chi connectivity index (χ0n) is 14.9. The van der Waals surface area contributed by atoms with Crippen LogP contribution in [0.2, 0.25) is 0 Å². The summed E-state index contributed by atoms with van der Waals surface area (Å²) in [4.78, 5) is 12.2. The van der Waals surface area contributed by atoms with Crippen molar-refractivity contribution in [2.45, 2.75) is 57.6 Å². The first-order chi connectivity index (χ1) is 12.0. The van der Waals surface area contributed by atoms with E-state index in [1.54, 1.807) is 0 Å². The first-order valence-electron chi connectivity index (χ1n) is 9.04. The van der Waals surface area contributed by atoms with Gasteiger partial charge in [0.15, 0.2) is 11.5 Å². The van der Waals surface area contributed by atoms with Gasteiger partial charge in [0.25, 0.3) is 0 Å². The van der Waals surface area contributed by atoms with Crippen molar-refractivity contribution in [3.05, 3.63) is 30.2 Å². The van der Waals surface area contributed by atoms with Gasteiger partial charge in [0, 0.05) is 12.7 Å². The van der Waals surface area contributed by atoms with Crippen LogP contribution in [0.1, 0.15) is 57.8 Å². The standard InChI is InChI=1S/C18H27N5O2/c1-13(16-22-21-15-10-6-7-11-23(15)16)20-17(24)19-12-18(2,25)14-8-4-3-5-9-14/h6-7,10-11,13-14,25H,3-5,8-9,12H2,1-2H3,(H2,19,20,24)/t13-,18+/m0/s1. The van der Waals surface area contributed by atoms with Gasteiger partial charge in [0.1, 0.15) is 0 Å². The number of hydrogen-bond donors (Lipinski definition) is 3. The van der Waals surface area contributed by atoms with Gasteiger partial charge in [-0.15, -0.1) is 10.2 Å². The van der Waals surface area contributed by atoms with Crippen LogP contribution >= 0.6 is 0 Å². The van der Waals surface area contributed by atoms with E-state index in [2.05, 4.69) is 20.8 Å². The number of rotatable bonds is 5. The monoisotopic (exact) mass is 345 g/mol. The molecule has 1 saturated carbocycles. The highest BCUT2D eigenvalue weighted by atomic mass is 16.3. The molecule has 3 N–H and O–H groups in total. The van der Waals surface area contributed by atoms with Gasteiger partial charge in [-0.1, -0.05) is 25.3 Å². The largest absolute Gasteiger partial charge is 0.388 e. The Labute approximate surface area is 147 Å². The van der Waals surface area contributed by atoms with Crippen molar-refractivity contribution in [2.75, 3.05) is 6.54 Å². The van der Waals surface area contributed by atoms with Crippen LogP contribution in [0.25, 0.3) is 5.65 Å². The lowest BCUT2D eigenvalue weighted by molar-refractivity contribution is -0.0131. The number of aliphatic hydroxyl groups is 1. The Balaban J connectivity index is 1.55. The number of hydrogen-bond acceptors (Lipinski definition) is 4. The quantitative estimate of drug-likeness (QED) is 0.776. The topological polar surface area (TPSA) is 91.5 Å². The van der Waals surface area contributed by atoms with Crippen LogP contribution in [0.5, 0.6) is 0 Å². The normalized spacial score (nSPS) is 19.3. The van der Waals surface area contributed by atoms with Crippen LogP contribution in [0.4, 0.5) is 4.79 Å². The van der Waals surface area contributed by atoms with Crippen molar-refractivity contribution >= 4 is 11.7 Å². The SMILES string of the molecule is C[C@H](NC(=O)NC[C@@](C)(O)C1CCCCC1)c1nnc2ccccn12. The highest BCUT2D eigenvalue weighted by Gasteiger charge is 2.33. The molecule has 2 aromatic rings. The Bertz CT molecular complexity index is 721. The number of carbonyl (C=O) groups excluding carboxylic acids is 1. The molecule has 3 rings (SSSR count). The number of carbonyl (C=O) groups is 1. The Hall–Kier alpha value is -2.15. The van der Waals surface area contributed by atoms with Gasteiger partial charge < -0.3 is 15.7 Å². The Kier molecular flexibility index (Phi) is 5.22. The minimum atomic E-state index is -0.872. The minimum absolute atomic E-state index is 0.247. The molecule has 2 heterocycles. The van der Waals surface area contributed by atoms with E-state index < -0.39 is 5.60 Å². The van der Waals surface area contributed by atoms with E-state index in [1.807, 2.05) is 42.6 Å². The summed E-state index contributed by atoms with van der Waals surface area (Å²) in [5.74, 6) is 0.921. The molecule has 136 valence electrons. The molecule has 7 nitrogen and oxygen atoms in total. The number of pyridine rings is 1. The fourth-order valence-corrected chi connectivity index (χ4v) is 3.60. The molecule has 1 aliphatic carbocycles. The van der Waals surface area contributed by atoms with E-state index in [9.17, 15) is 9.90 Å². The predicted octanol–water partition coefficient (Wildman–Crippen LogP) is 2.42. The van der Waals surface area contributed by atoms with Crippen molar-refractivity contribution in [1.82, 2.24) is 25.2 Å². The first kappa shape index (κ1) is 17.7. The van der Waals surface area contributed by atoms with E-state index in [1.165, 1.54) is 6.42 Å². The summed E-state index contributed by atoms with van der Waals surface area (Å²) in [6.45, 7) is 3.93. The number of aromatic nitrogens is 3. The molecule has 2 atom stereocenters. The third kappa shape index (κ3) is 4.10. The lowest BCUT2D eigenvalue weighted by Gasteiger charge is -2.35. The van der Waals surface area contributed by atoms with Gasteiger partial charge in [-0.3, -0.25) is 4.40 Å². The number of amides is 2. The molecule has 0 bridgehead atoms. The number of nitrogens with one attached hydrogen (secondary N) is 2. The van der Waals surface area contributed by atoms with Gasteiger partial charge in [-0.2, -0.15) is 0 Å². The fourth-order valence-electron chi connectivity index (χ4n) is 3.60. The van der Waals surface area contributed by atoms with Gasteiger partial charge in [0.05, 0.1) is 11.6 Å². The molecule has 0 unspecified atom stereocenters. The molecule has 0 radical (unpaired) electrons. The Morgan fingerprint density at radius 2 is 2.12 bits per heavy atom. The molecule has 0 aromatic carbocycles. The van der Waals surface area contributed by atoms with Crippen LogP contribution in [0.3, 0.4) is 0 Å². The van der Waals surface area contributed by atoms with E-state index in [4.69, 9.17) is 0 Å². The number of fused-ring (bicyclic) bond motifs is 1. The summed E-state index contributed by atoms with van der Waals surface area (Å²) in [5.41, 5.74) is -0.130. The molecule has 0 spiro atoms. The van der Waals surface area contributed by atoms with E-state index in [0.717, 1.165) is 31.3 Å². The second kappa shape index (κ2) is 7.39. The molecule has 0 saturated heterocycles. The molecule has 2 amide bonds. The van der Waals surface area contributed by atoms with Crippen LogP contribution in [-0.4, -0.2) is 37.9 Å². The van der Waals surface area contributed by atoms with Crippen LogP contribution in [-0.2, 0) is 0 Å². The summed E-state index contributed by atoms with van der Waals surface area (Å²) < 4.78 is 1.85. The average molecular weight is 345 g/mol. The summed E-state index contributed by atoms with van der Waals surface area (Å²) >= 11 is 0. The molecule has 1 fully saturated rings. The van der Waals surface area contributed by atoms with Crippen LogP contribution in [0, 0.1) is 5.92 Å². The number of nitrogens with zero attached hydrogens (tertiary/aromatic N) is 3. The maximum atomic E-state index is 12.2. The van der Waals surface area contributed by atoms with Crippen molar-refractivity contribution in [3.8, 4) is 0 Å². The summed E-state index contributed by atoms with van der Waals surface area (Å²) in [7, 11) is 0. The highest BCUT2D eigenvalue weighted by molar-refractivity contribution is 5.74. The van der Waals surface area contributed by atoms with E-state index in [0.29, 0.717) is 5.82 Å². The molecular weight excluding hydrogens is 318 g/mol. The van der Waals surface area contributed by atoms with E-state index in [-0.39, 0.29) is 24.5 Å². The van der Waals surface area contributed by atoms with Crippen molar-refractivity contribution < 1.29 is 9.90 Å². The number of urea groups is 1. The van der Waals surface area contributed by atoms with Gasteiger partial charge in [-0.25, -0.2) is 4.79 Å². The zero-order valence-corrected chi connectivity index (χ0v) is 14.9. The van der Waals surface area contributed by atoms with Gasteiger partial charge in [0.2, 0.25) is 0 Å². The van der Waals surface area contributed by atoms with Crippen LogP contribution < -0.4 is 10.6 Å². The Morgan fingerprint density at radius 3 is 2.88 bits per heavy atom. The Morgan fingerprint density at radius 1 is 1.36 bits per heavy atom. The smallest absolute Gasteiger partial charge is 0.315 e. The first-order valence-corrected chi connectivity index (χ1v) is 9.04.